The number of anilines is 1. The number of hydrogen-bond donors (Lipinski definition) is 1. The summed E-state index contributed by atoms with van der Waals surface area (Å²) in [6.45, 7) is 3.32. The van der Waals surface area contributed by atoms with Crippen molar-refractivity contribution < 1.29 is 19.1 Å². The fraction of sp³-hybridized carbons (Fsp3) is 0.500. The molecule has 1 fully saturated rings. The highest BCUT2D eigenvalue weighted by Gasteiger charge is 2.22. The Kier molecular flexibility index (Phi) is 5.63. The van der Waals surface area contributed by atoms with Gasteiger partial charge in [-0.2, -0.15) is 0 Å². The Morgan fingerprint density at radius 3 is 3.04 bits per heavy atom. The summed E-state index contributed by atoms with van der Waals surface area (Å²) in [5, 5.41) is 2.80. The minimum atomic E-state index is -0.551. The van der Waals surface area contributed by atoms with Gasteiger partial charge in [-0.25, -0.2) is 4.79 Å². The van der Waals surface area contributed by atoms with Crippen LogP contribution in [0.25, 0.3) is 0 Å². The van der Waals surface area contributed by atoms with Crippen LogP contribution in [0.15, 0.2) is 23.1 Å². The summed E-state index contributed by atoms with van der Waals surface area (Å²) >= 11 is 1.57. The molecule has 1 aromatic carbocycles. The molecule has 2 amide bonds. The van der Waals surface area contributed by atoms with Crippen molar-refractivity contribution in [2.45, 2.75) is 31.1 Å². The van der Waals surface area contributed by atoms with E-state index in [0.29, 0.717) is 29.3 Å². The van der Waals surface area contributed by atoms with Crippen molar-refractivity contribution in [2.24, 2.45) is 5.92 Å². The fourth-order valence-corrected chi connectivity index (χ4v) is 4.00. The number of amides is 2. The molecule has 2 heterocycles. The second kappa shape index (κ2) is 7.91. The second-order valence-electron chi connectivity index (χ2n) is 6.52. The first-order chi connectivity index (χ1) is 12.0. The summed E-state index contributed by atoms with van der Waals surface area (Å²) in [7, 11) is 0. The zero-order valence-corrected chi connectivity index (χ0v) is 15.1. The van der Waals surface area contributed by atoms with Crippen LogP contribution >= 0.6 is 11.8 Å². The molecule has 134 valence electrons. The van der Waals surface area contributed by atoms with Gasteiger partial charge in [0.1, 0.15) is 0 Å². The third-order valence-corrected chi connectivity index (χ3v) is 5.49. The van der Waals surface area contributed by atoms with Crippen LogP contribution in [-0.4, -0.2) is 48.1 Å². The number of thioether (sulfide) groups is 1. The summed E-state index contributed by atoms with van der Waals surface area (Å²) in [5.41, 5.74) is 0.958. The molecular weight excluding hydrogens is 340 g/mol. The van der Waals surface area contributed by atoms with E-state index in [2.05, 4.69) is 12.2 Å². The van der Waals surface area contributed by atoms with Crippen LogP contribution in [0, 0.1) is 5.92 Å². The quantitative estimate of drug-likeness (QED) is 0.837. The van der Waals surface area contributed by atoms with E-state index in [1.165, 1.54) is 0 Å². The van der Waals surface area contributed by atoms with Gasteiger partial charge < -0.3 is 15.0 Å². The summed E-state index contributed by atoms with van der Waals surface area (Å²) in [6, 6.07) is 5.08. The number of benzene rings is 1. The van der Waals surface area contributed by atoms with Gasteiger partial charge in [0.25, 0.3) is 5.91 Å². The molecule has 0 bridgehead atoms. The Morgan fingerprint density at radius 1 is 1.40 bits per heavy atom. The summed E-state index contributed by atoms with van der Waals surface area (Å²) in [4.78, 5) is 38.8. The largest absolute Gasteiger partial charge is 0.452 e. The second-order valence-corrected chi connectivity index (χ2v) is 7.66. The highest BCUT2D eigenvalue weighted by molar-refractivity contribution is 7.99. The molecule has 0 aromatic heterocycles. The van der Waals surface area contributed by atoms with Crippen molar-refractivity contribution in [3.63, 3.8) is 0 Å². The van der Waals surface area contributed by atoms with Gasteiger partial charge >= 0.3 is 5.97 Å². The van der Waals surface area contributed by atoms with Crippen molar-refractivity contribution >= 4 is 35.2 Å². The predicted molar refractivity (Wildman–Crippen MR) is 95.7 cm³/mol. The number of hydrogen-bond acceptors (Lipinski definition) is 5. The van der Waals surface area contributed by atoms with Crippen molar-refractivity contribution in [1.29, 1.82) is 0 Å². The topological polar surface area (TPSA) is 75.7 Å². The Labute approximate surface area is 151 Å². The van der Waals surface area contributed by atoms with E-state index in [4.69, 9.17) is 4.74 Å². The number of likely N-dealkylation sites (tertiary alicyclic amines) is 1. The Balaban J connectivity index is 1.60. The third-order valence-electron chi connectivity index (χ3n) is 4.41. The van der Waals surface area contributed by atoms with Crippen molar-refractivity contribution in [1.82, 2.24) is 4.90 Å². The molecule has 0 aliphatic carbocycles. The first-order valence-electron chi connectivity index (χ1n) is 8.54. The van der Waals surface area contributed by atoms with Crippen LogP contribution < -0.4 is 5.32 Å². The van der Waals surface area contributed by atoms with E-state index in [-0.39, 0.29) is 18.4 Å². The van der Waals surface area contributed by atoms with E-state index in [1.807, 2.05) is 0 Å². The van der Waals surface area contributed by atoms with Crippen LogP contribution in [0.3, 0.4) is 0 Å². The molecule has 6 nitrogen and oxygen atoms in total. The smallest absolute Gasteiger partial charge is 0.338 e. The maximum absolute atomic E-state index is 12.2. The molecule has 1 N–H and O–H groups in total. The maximum Gasteiger partial charge on any atom is 0.338 e. The average molecular weight is 362 g/mol. The summed E-state index contributed by atoms with van der Waals surface area (Å²) in [5.74, 6) is 0.430. The van der Waals surface area contributed by atoms with E-state index < -0.39 is 5.97 Å². The molecule has 2 aliphatic rings. The SMILES string of the molecule is C[C@H]1CCCN(C(=O)COC(=O)c2ccc3c(c2)NC(=O)CCS3)C1. The van der Waals surface area contributed by atoms with Gasteiger partial charge in [-0.1, -0.05) is 6.92 Å². The van der Waals surface area contributed by atoms with Crippen molar-refractivity contribution in [2.75, 3.05) is 30.8 Å². The Hall–Kier alpha value is -2.02. The normalized spacial score (nSPS) is 20.3. The molecule has 1 saturated heterocycles. The van der Waals surface area contributed by atoms with Crippen molar-refractivity contribution in [3.05, 3.63) is 23.8 Å². The van der Waals surface area contributed by atoms with Gasteiger partial charge in [-0.3, -0.25) is 9.59 Å². The Morgan fingerprint density at radius 2 is 2.24 bits per heavy atom. The molecule has 0 unspecified atom stereocenters. The first kappa shape index (κ1) is 17.8. The van der Waals surface area contributed by atoms with Gasteiger partial charge in [-0.05, 0) is 37.0 Å². The maximum atomic E-state index is 12.2. The van der Waals surface area contributed by atoms with E-state index >= 15 is 0 Å². The number of nitrogens with zero attached hydrogens (tertiary/aromatic N) is 1. The standard InChI is InChI=1S/C18H22N2O4S/c1-12-3-2-7-20(10-12)17(22)11-24-18(23)13-4-5-15-14(9-13)19-16(21)6-8-25-15/h4-5,9,12H,2-3,6-8,10-11H2,1H3,(H,19,21)/t12-/m0/s1. The fourth-order valence-electron chi connectivity index (χ4n) is 3.06. The molecule has 0 radical (unpaired) electrons. The molecule has 0 spiro atoms. The zero-order valence-electron chi connectivity index (χ0n) is 14.2. The van der Waals surface area contributed by atoms with E-state index in [0.717, 1.165) is 30.8 Å². The number of carbonyl (C=O) groups is 3. The van der Waals surface area contributed by atoms with Gasteiger partial charge in [0.15, 0.2) is 6.61 Å². The van der Waals surface area contributed by atoms with Gasteiger partial charge in [-0.15, -0.1) is 11.8 Å². The molecule has 1 atom stereocenters. The molecule has 25 heavy (non-hydrogen) atoms. The lowest BCUT2D eigenvalue weighted by molar-refractivity contribution is -0.136. The summed E-state index contributed by atoms with van der Waals surface area (Å²) in [6.07, 6.45) is 2.56. The average Bonchev–Trinajstić information content (AvgIpc) is 2.79. The number of fused-ring (bicyclic) bond motifs is 1. The van der Waals surface area contributed by atoms with E-state index in [1.54, 1.807) is 34.9 Å². The lowest BCUT2D eigenvalue weighted by Gasteiger charge is -2.30. The lowest BCUT2D eigenvalue weighted by atomic mass is 10.0. The number of rotatable bonds is 3. The van der Waals surface area contributed by atoms with Gasteiger partial charge in [0.2, 0.25) is 5.91 Å². The minimum absolute atomic E-state index is 0.0637. The Bertz CT molecular complexity index is 692. The molecule has 1 aromatic rings. The lowest BCUT2D eigenvalue weighted by Crippen LogP contribution is -2.41. The van der Waals surface area contributed by atoms with Gasteiger partial charge in [0, 0.05) is 30.2 Å². The molecule has 7 heteroatoms. The zero-order chi connectivity index (χ0) is 17.8. The highest BCUT2D eigenvalue weighted by Crippen LogP contribution is 2.31. The molecular formula is C18H22N2O4S. The van der Waals surface area contributed by atoms with Crippen molar-refractivity contribution in [3.8, 4) is 0 Å². The third kappa shape index (κ3) is 4.54. The summed E-state index contributed by atoms with van der Waals surface area (Å²) < 4.78 is 5.18. The van der Waals surface area contributed by atoms with Crippen LogP contribution in [0.4, 0.5) is 5.69 Å². The van der Waals surface area contributed by atoms with E-state index in [9.17, 15) is 14.4 Å². The molecule has 3 rings (SSSR count). The van der Waals surface area contributed by atoms with Crippen LogP contribution in [-0.2, 0) is 14.3 Å². The van der Waals surface area contributed by atoms with Crippen LogP contribution in [0.1, 0.15) is 36.5 Å². The van der Waals surface area contributed by atoms with Gasteiger partial charge in [0.05, 0.1) is 11.3 Å². The number of nitrogens with one attached hydrogen (secondary N) is 1. The molecule has 2 aliphatic heterocycles. The highest BCUT2D eigenvalue weighted by atomic mass is 32.2. The van der Waals surface area contributed by atoms with Crippen LogP contribution in [0.5, 0.6) is 0 Å². The predicted octanol–water partition coefficient (Wildman–Crippen LogP) is 2.54. The number of carbonyl (C=O) groups excluding carboxylic acids is 3. The first-order valence-corrected chi connectivity index (χ1v) is 9.53. The molecule has 0 saturated carbocycles. The monoisotopic (exact) mass is 362 g/mol. The number of esters is 1. The van der Waals surface area contributed by atoms with Crippen LogP contribution in [0.2, 0.25) is 0 Å². The minimum Gasteiger partial charge on any atom is -0.452 e. The number of piperidine rings is 1. The number of ether oxygens (including phenoxy) is 1.